The van der Waals surface area contributed by atoms with Gasteiger partial charge in [-0.3, -0.25) is 0 Å². The number of aromatic hydroxyl groups is 2. The van der Waals surface area contributed by atoms with Crippen molar-refractivity contribution >= 4 is 204 Å². The Hall–Kier alpha value is -17.4. The van der Waals surface area contributed by atoms with Gasteiger partial charge in [0.15, 0.2) is 0 Å². The average molecular weight is 2030 g/mol. The zero-order valence-corrected chi connectivity index (χ0v) is 82.2. The van der Waals surface area contributed by atoms with Crippen LogP contribution in [-0.4, -0.2) is 47.3 Å². The number of nitrogens with two attached hydrogens (primary N) is 1. The van der Waals surface area contributed by atoms with Crippen LogP contribution in [0.3, 0.4) is 0 Å². The molecular formula is C125H77BClF4N5O8S4. The number of halogens is 5. The van der Waals surface area contributed by atoms with Crippen molar-refractivity contribution in [3.63, 3.8) is 0 Å². The summed E-state index contributed by atoms with van der Waals surface area (Å²) in [4.78, 5) is 19.8. The number of anilines is 1. The van der Waals surface area contributed by atoms with E-state index in [1.807, 2.05) is 182 Å². The van der Waals surface area contributed by atoms with E-state index in [2.05, 4.69) is 121 Å². The first-order valence-electron chi connectivity index (χ1n) is 47.3. The monoisotopic (exact) mass is 2030 g/mol. The van der Waals surface area contributed by atoms with Crippen molar-refractivity contribution in [3.05, 3.63) is 446 Å². The molecule has 23 heteroatoms. The van der Waals surface area contributed by atoms with E-state index in [-0.39, 0.29) is 34.8 Å². The van der Waals surface area contributed by atoms with Crippen LogP contribution in [0.4, 0.5) is 23.2 Å². The number of nitrogens with zero attached hydrogens (tertiary/aromatic N) is 4. The molecule has 0 aliphatic heterocycles. The first-order valence-corrected chi connectivity index (χ1v) is 50.9. The van der Waals surface area contributed by atoms with Crippen LogP contribution in [0.5, 0.6) is 11.5 Å². The SMILES string of the molecule is Cc1ccccc1-c1nc2c(-c3cccc4c3oc3ccccc34)cc(-c3ccc(F)cc3)cc2s1.Nc1ccccc1-c1nc2c(-c3cccc4c3oc3ccccc34)cc(-c3ccc(F)cc3)cc2s1.OB(O)c1cccc2c1oc1ccccc12.Oc1ccccc1-c1nc2c(-c3cccc4c3oc3ccccc34)cc(-c3ccc(F)cc3)cc2s1.Oc1ccccc1-c1nc2c(Cl)cc(-c3ccc(F)cc3)cc2s1. The number of hydrogen-bond acceptors (Lipinski definition) is 17. The number of phenols is 2. The van der Waals surface area contributed by atoms with Crippen LogP contribution in [0.15, 0.2) is 430 Å². The molecule has 0 aliphatic carbocycles. The third-order valence-corrected chi connectivity index (χ3v) is 30.7. The molecule has 0 fully saturated rings. The third kappa shape index (κ3) is 17.8. The fourth-order valence-electron chi connectivity index (χ4n) is 19.1. The summed E-state index contributed by atoms with van der Waals surface area (Å²) in [5.41, 5.74) is 35.0. The number of phenolic OH excluding ortho intramolecular Hbond substituents is 2. The number of aromatic nitrogens is 4. The predicted octanol–water partition coefficient (Wildman–Crippen LogP) is 35.0. The maximum atomic E-state index is 13.7. The van der Waals surface area contributed by atoms with E-state index < -0.39 is 7.12 Å². The summed E-state index contributed by atoms with van der Waals surface area (Å²) in [6.45, 7) is 2.11. The van der Waals surface area contributed by atoms with Crippen molar-refractivity contribution in [3.8, 4) is 132 Å². The highest BCUT2D eigenvalue weighted by molar-refractivity contribution is 7.23. The Morgan fingerprint density at radius 2 is 0.527 bits per heavy atom. The van der Waals surface area contributed by atoms with Gasteiger partial charge in [-0.25, -0.2) is 37.5 Å². The van der Waals surface area contributed by atoms with Gasteiger partial charge >= 0.3 is 7.12 Å². The molecule has 6 N–H and O–H groups in total. The Morgan fingerprint density at radius 1 is 0.257 bits per heavy atom. The molecule has 0 aliphatic rings. The number of benzene rings is 20. The molecule has 28 rings (SSSR count). The second-order valence-corrected chi connectivity index (χ2v) is 40.0. The summed E-state index contributed by atoms with van der Waals surface area (Å²) in [6, 6.07) is 129. The van der Waals surface area contributed by atoms with Gasteiger partial charge in [0.2, 0.25) is 0 Å². The Balaban J connectivity index is 0.000000101. The summed E-state index contributed by atoms with van der Waals surface area (Å²) >= 11 is 12.7. The normalized spacial score (nSPS) is 11.5. The number of furan rings is 4. The van der Waals surface area contributed by atoms with E-state index >= 15 is 0 Å². The van der Waals surface area contributed by atoms with Crippen LogP contribution < -0.4 is 11.2 Å². The van der Waals surface area contributed by atoms with E-state index in [1.54, 1.807) is 95.5 Å². The Labute approximate surface area is 863 Å². The summed E-state index contributed by atoms with van der Waals surface area (Å²) in [6.07, 6.45) is 0. The summed E-state index contributed by atoms with van der Waals surface area (Å²) in [5.74, 6) is -0.668. The number of thiazole rings is 4. The van der Waals surface area contributed by atoms with Gasteiger partial charge in [-0.15, -0.1) is 45.3 Å². The largest absolute Gasteiger partial charge is 0.507 e. The second kappa shape index (κ2) is 39.3. The van der Waals surface area contributed by atoms with Crippen molar-refractivity contribution in [1.29, 1.82) is 0 Å². The second-order valence-electron chi connectivity index (χ2n) is 35.5. The highest BCUT2D eigenvalue weighted by Gasteiger charge is 2.27. The highest BCUT2D eigenvalue weighted by atomic mass is 35.5. The molecule has 8 aromatic heterocycles. The van der Waals surface area contributed by atoms with E-state index in [0.29, 0.717) is 43.4 Å². The Kier molecular flexibility index (Phi) is 24.6. The number of fused-ring (bicyclic) bond motifs is 16. The molecule has 0 amide bonds. The van der Waals surface area contributed by atoms with Crippen LogP contribution in [-0.2, 0) is 0 Å². The topological polar surface area (TPSA) is 211 Å². The van der Waals surface area contributed by atoms with E-state index in [1.165, 1.54) is 76.8 Å². The predicted molar refractivity (Wildman–Crippen MR) is 601 cm³/mol. The average Bonchev–Trinajstić information content (AvgIpc) is 1.59. The highest BCUT2D eigenvalue weighted by Crippen LogP contribution is 2.50. The van der Waals surface area contributed by atoms with Gasteiger partial charge in [0.1, 0.15) is 105 Å². The first kappa shape index (κ1) is 92.9. The molecule has 8 heterocycles. The van der Waals surface area contributed by atoms with Crippen molar-refractivity contribution in [1.82, 2.24) is 19.9 Å². The summed E-state index contributed by atoms with van der Waals surface area (Å²) < 4.78 is 82.8. The molecule has 0 saturated carbocycles. The third-order valence-electron chi connectivity index (χ3n) is 26.3. The minimum absolute atomic E-state index is 0.187. The lowest BCUT2D eigenvalue weighted by atomic mass is 9.79. The van der Waals surface area contributed by atoms with E-state index in [9.17, 15) is 37.8 Å². The van der Waals surface area contributed by atoms with Crippen LogP contribution in [0.25, 0.3) is 249 Å². The van der Waals surface area contributed by atoms with Crippen LogP contribution >= 0.6 is 56.9 Å². The number of para-hydroxylation sites is 11. The minimum atomic E-state index is -1.51. The lowest BCUT2D eigenvalue weighted by molar-refractivity contribution is 0.425. The molecule has 0 unspecified atom stereocenters. The number of hydrogen-bond donors (Lipinski definition) is 5. The van der Waals surface area contributed by atoms with Crippen LogP contribution in [0.2, 0.25) is 5.02 Å². The lowest BCUT2D eigenvalue weighted by Crippen LogP contribution is -2.29. The molecular weight excluding hydrogens is 1950 g/mol. The summed E-state index contributed by atoms with van der Waals surface area (Å²) in [7, 11) is -1.51. The first-order chi connectivity index (χ1) is 72.3. The maximum Gasteiger partial charge on any atom is 0.492 e. The minimum Gasteiger partial charge on any atom is -0.507 e. The van der Waals surface area contributed by atoms with Gasteiger partial charge in [-0.05, 0) is 215 Å². The molecule has 20 aromatic carbocycles. The van der Waals surface area contributed by atoms with Gasteiger partial charge in [-0.2, -0.15) is 0 Å². The molecule has 0 saturated heterocycles. The molecule has 0 bridgehead atoms. The smallest absolute Gasteiger partial charge is 0.492 e. The number of nitrogen functional groups attached to an aromatic ring is 1. The van der Waals surface area contributed by atoms with Gasteiger partial charge in [-0.1, -0.05) is 266 Å². The van der Waals surface area contributed by atoms with E-state index in [0.717, 1.165) is 222 Å². The Bertz CT molecular complexity index is 9340. The number of rotatable bonds is 12. The lowest BCUT2D eigenvalue weighted by Gasteiger charge is -2.09. The van der Waals surface area contributed by atoms with Crippen molar-refractivity contribution in [2.24, 2.45) is 0 Å². The van der Waals surface area contributed by atoms with Gasteiger partial charge < -0.3 is 43.7 Å². The molecule has 148 heavy (non-hydrogen) atoms. The standard InChI is InChI=1S/C32H20FNOS.C31H19FN2OS.C31H18FNO2S.C19H11ClFNOS.C12H9BO3/c1-19-7-2-3-8-23(19)32-34-30-27(17-21(18-29(30)36-32)20-13-15-22(33)16-14-20)26-11-6-10-25-24-9-4-5-12-28(24)35-31(25)26;32-20-14-12-18(13-15-20)19-16-25(23-9-5-8-22-21-6-2-4-11-27(21)35-30(22)23)29-28(17-19)36-31(34-29)24-7-1-3-10-26(24)33;32-20-14-12-18(13-15-20)19-16-25(23-9-5-8-22-21-6-2-4-11-27(21)35-30(22)23)29-28(17-19)36-31(33-29)24-7-1-3-10-26(24)34;20-15-9-12(11-5-7-13(21)8-6-11)10-17-18(15)22-19(24-17)14-3-1-2-4-16(14)23;14-13(15)10-6-3-5-9-8-4-1-2-7-11(8)16-12(9)10/h2-18H,1H3;1-17H,33H2;1-17,34H;1-10,23H;1-7,14-15H. The fourth-order valence-corrected chi connectivity index (χ4v) is 23.7. The van der Waals surface area contributed by atoms with Crippen LogP contribution in [0.1, 0.15) is 5.56 Å². The fraction of sp³-hybridized carbons (Fsp3) is 0.00800. The molecule has 13 nitrogen and oxygen atoms in total. The molecule has 0 atom stereocenters. The van der Waals surface area contributed by atoms with E-state index in [4.69, 9.17) is 50.0 Å². The quantitative estimate of drug-likeness (QED) is 0.0438. The number of aryl methyl sites for hydroxylation is 1. The van der Waals surface area contributed by atoms with Gasteiger partial charge in [0.25, 0.3) is 0 Å². The Morgan fingerprint density at radius 3 is 0.885 bits per heavy atom. The summed E-state index contributed by atoms with van der Waals surface area (Å²) in [5, 5.41) is 51.1. The van der Waals surface area contributed by atoms with Crippen molar-refractivity contribution in [2.45, 2.75) is 6.92 Å². The maximum absolute atomic E-state index is 13.7. The molecule has 712 valence electrons. The molecule has 28 aromatic rings. The zero-order chi connectivity index (χ0) is 100. The van der Waals surface area contributed by atoms with Crippen molar-refractivity contribution < 1.29 is 55.5 Å². The van der Waals surface area contributed by atoms with Crippen LogP contribution in [0, 0.1) is 30.2 Å². The zero-order valence-electron chi connectivity index (χ0n) is 78.1. The molecule has 0 radical (unpaired) electrons. The van der Waals surface area contributed by atoms with Gasteiger partial charge in [0, 0.05) is 98.7 Å². The van der Waals surface area contributed by atoms with Crippen molar-refractivity contribution in [2.75, 3.05) is 5.73 Å². The molecule has 0 spiro atoms. The van der Waals surface area contributed by atoms with Gasteiger partial charge in [0.05, 0.1) is 51.5 Å².